The summed E-state index contributed by atoms with van der Waals surface area (Å²) in [5.74, 6) is 0. The van der Waals surface area contributed by atoms with Gasteiger partial charge in [-0.3, -0.25) is 0 Å². The van der Waals surface area contributed by atoms with Crippen LogP contribution in [-0.4, -0.2) is 19.3 Å². The van der Waals surface area contributed by atoms with Gasteiger partial charge in [0, 0.05) is 6.21 Å². The molecular formula is C6H12N2O. The molecule has 52 valence electrons. The Kier molecular flexibility index (Phi) is 4.78. The van der Waals surface area contributed by atoms with Gasteiger partial charge in [-0.25, -0.2) is 10.4 Å². The van der Waals surface area contributed by atoms with E-state index >= 15 is 0 Å². The van der Waals surface area contributed by atoms with Crippen LogP contribution in [0.3, 0.4) is 0 Å². The van der Waals surface area contributed by atoms with E-state index in [1.807, 2.05) is 0 Å². The van der Waals surface area contributed by atoms with Crippen LogP contribution in [0, 0.1) is 5.41 Å². The standard InChI is InChI=1S/C6H12N2O/c1-3-4-5-8-6(7)9-2/h5,7H,3-4H2,1-2H3/b7-6?,8-5-. The number of rotatable bonds is 2. The second-order valence-electron chi connectivity index (χ2n) is 1.61. The molecule has 0 spiro atoms. The summed E-state index contributed by atoms with van der Waals surface area (Å²) in [6.07, 6.45) is 3.65. The summed E-state index contributed by atoms with van der Waals surface area (Å²) in [6.45, 7) is 2.06. The van der Waals surface area contributed by atoms with Crippen LogP contribution in [0.2, 0.25) is 0 Å². The first-order chi connectivity index (χ1) is 4.31. The number of unbranched alkanes of at least 4 members (excludes halogenated alkanes) is 1. The molecule has 3 nitrogen and oxygen atoms in total. The van der Waals surface area contributed by atoms with E-state index in [0.29, 0.717) is 0 Å². The fourth-order valence-electron chi connectivity index (χ4n) is 0.329. The van der Waals surface area contributed by atoms with Gasteiger partial charge in [-0.15, -0.1) is 0 Å². The Morgan fingerprint density at radius 1 is 1.78 bits per heavy atom. The topological polar surface area (TPSA) is 45.4 Å². The SMILES string of the molecule is CCC/C=N\C(=N)OC. The lowest BCUT2D eigenvalue weighted by molar-refractivity contribution is 0.393. The molecule has 0 aromatic carbocycles. The molecule has 0 aliphatic carbocycles. The number of methoxy groups -OCH3 is 1. The summed E-state index contributed by atoms with van der Waals surface area (Å²) >= 11 is 0. The van der Waals surface area contributed by atoms with E-state index < -0.39 is 0 Å². The molecule has 0 radical (unpaired) electrons. The predicted molar refractivity (Wildman–Crippen MR) is 38.1 cm³/mol. The first-order valence-electron chi connectivity index (χ1n) is 2.96. The Hall–Kier alpha value is -0.860. The zero-order valence-electron chi connectivity index (χ0n) is 5.85. The van der Waals surface area contributed by atoms with Crippen molar-refractivity contribution in [3.63, 3.8) is 0 Å². The van der Waals surface area contributed by atoms with E-state index in [-0.39, 0.29) is 6.02 Å². The highest BCUT2D eigenvalue weighted by Crippen LogP contribution is 1.82. The smallest absolute Gasteiger partial charge is 0.308 e. The average Bonchev–Trinajstić information content (AvgIpc) is 1.89. The van der Waals surface area contributed by atoms with E-state index in [4.69, 9.17) is 5.41 Å². The average molecular weight is 128 g/mol. The van der Waals surface area contributed by atoms with Gasteiger partial charge in [0.05, 0.1) is 7.11 Å². The Labute approximate surface area is 55.3 Å². The van der Waals surface area contributed by atoms with Crippen LogP contribution in [-0.2, 0) is 4.74 Å². The van der Waals surface area contributed by atoms with Crippen LogP contribution < -0.4 is 0 Å². The summed E-state index contributed by atoms with van der Waals surface area (Å²) in [4.78, 5) is 3.67. The van der Waals surface area contributed by atoms with Gasteiger partial charge >= 0.3 is 6.02 Å². The molecule has 0 saturated heterocycles. The largest absolute Gasteiger partial charge is 0.467 e. The molecule has 0 aromatic rings. The summed E-state index contributed by atoms with van der Waals surface area (Å²) in [6, 6.07) is -0.0246. The third-order valence-corrected chi connectivity index (χ3v) is 0.820. The third-order valence-electron chi connectivity index (χ3n) is 0.820. The maximum atomic E-state index is 6.90. The molecule has 0 unspecified atom stereocenters. The number of amidine groups is 1. The summed E-state index contributed by atoms with van der Waals surface area (Å²) < 4.78 is 4.48. The van der Waals surface area contributed by atoms with Gasteiger partial charge in [-0.2, -0.15) is 0 Å². The van der Waals surface area contributed by atoms with E-state index in [2.05, 4.69) is 16.7 Å². The lowest BCUT2D eigenvalue weighted by atomic mass is 10.4. The van der Waals surface area contributed by atoms with Crippen LogP contribution in [0.25, 0.3) is 0 Å². The number of nitrogens with one attached hydrogen (secondary N) is 1. The van der Waals surface area contributed by atoms with Gasteiger partial charge in [0.1, 0.15) is 0 Å². The Morgan fingerprint density at radius 2 is 2.44 bits per heavy atom. The Bertz CT molecular complexity index is 110. The molecule has 0 fully saturated rings. The molecule has 0 rings (SSSR count). The van der Waals surface area contributed by atoms with Crippen LogP contribution in [0.5, 0.6) is 0 Å². The first kappa shape index (κ1) is 8.14. The second-order valence-corrected chi connectivity index (χ2v) is 1.61. The maximum absolute atomic E-state index is 6.90. The van der Waals surface area contributed by atoms with Gasteiger partial charge in [0.2, 0.25) is 0 Å². The zero-order chi connectivity index (χ0) is 7.11. The fourth-order valence-corrected chi connectivity index (χ4v) is 0.329. The molecule has 0 aliphatic heterocycles. The fraction of sp³-hybridized carbons (Fsp3) is 0.667. The molecule has 0 aromatic heterocycles. The van der Waals surface area contributed by atoms with Gasteiger partial charge < -0.3 is 4.74 Å². The summed E-state index contributed by atoms with van der Waals surface area (Å²) in [5.41, 5.74) is 0. The second kappa shape index (κ2) is 5.28. The number of hydrogen-bond acceptors (Lipinski definition) is 2. The number of ether oxygens (including phenoxy) is 1. The summed E-state index contributed by atoms with van der Waals surface area (Å²) in [7, 11) is 1.44. The lowest BCUT2D eigenvalue weighted by Crippen LogP contribution is -1.93. The van der Waals surface area contributed by atoms with Crippen molar-refractivity contribution in [2.45, 2.75) is 19.8 Å². The van der Waals surface area contributed by atoms with Crippen molar-refractivity contribution < 1.29 is 4.74 Å². The maximum Gasteiger partial charge on any atom is 0.308 e. The molecule has 0 heterocycles. The van der Waals surface area contributed by atoms with E-state index in [0.717, 1.165) is 12.8 Å². The highest BCUT2D eigenvalue weighted by molar-refractivity contribution is 5.80. The van der Waals surface area contributed by atoms with Crippen molar-refractivity contribution in [3.8, 4) is 0 Å². The molecule has 0 amide bonds. The number of nitrogens with zero attached hydrogens (tertiary/aromatic N) is 1. The van der Waals surface area contributed by atoms with Crippen molar-refractivity contribution in [1.29, 1.82) is 5.41 Å². The molecule has 0 bridgehead atoms. The molecule has 3 heteroatoms. The van der Waals surface area contributed by atoms with Crippen molar-refractivity contribution in [2.75, 3.05) is 7.11 Å². The van der Waals surface area contributed by atoms with Crippen LogP contribution >= 0.6 is 0 Å². The third kappa shape index (κ3) is 5.00. The minimum absolute atomic E-state index is 0.0246. The van der Waals surface area contributed by atoms with Gasteiger partial charge in [0.15, 0.2) is 0 Å². The van der Waals surface area contributed by atoms with Crippen molar-refractivity contribution in [1.82, 2.24) is 0 Å². The lowest BCUT2D eigenvalue weighted by Gasteiger charge is -1.90. The number of hydrogen-bond donors (Lipinski definition) is 1. The van der Waals surface area contributed by atoms with Gasteiger partial charge in [0.25, 0.3) is 0 Å². The van der Waals surface area contributed by atoms with Gasteiger partial charge in [-0.05, 0) is 6.42 Å². The minimum Gasteiger partial charge on any atom is -0.467 e. The normalized spacial score (nSPS) is 10.0. The van der Waals surface area contributed by atoms with Crippen molar-refractivity contribution >= 4 is 12.2 Å². The van der Waals surface area contributed by atoms with Crippen molar-refractivity contribution in [3.05, 3.63) is 0 Å². The number of aliphatic imine (C=N–C) groups is 1. The van der Waals surface area contributed by atoms with E-state index in [1.165, 1.54) is 7.11 Å². The zero-order valence-corrected chi connectivity index (χ0v) is 5.85. The summed E-state index contributed by atoms with van der Waals surface area (Å²) in [5, 5.41) is 6.90. The van der Waals surface area contributed by atoms with E-state index in [1.54, 1.807) is 6.21 Å². The Balaban J connectivity index is 3.32. The van der Waals surface area contributed by atoms with E-state index in [9.17, 15) is 0 Å². The van der Waals surface area contributed by atoms with Gasteiger partial charge in [-0.1, -0.05) is 13.3 Å². The van der Waals surface area contributed by atoms with Crippen LogP contribution in [0.1, 0.15) is 19.8 Å². The molecule has 9 heavy (non-hydrogen) atoms. The minimum atomic E-state index is -0.0246. The van der Waals surface area contributed by atoms with Crippen LogP contribution in [0.4, 0.5) is 0 Å². The molecule has 1 N–H and O–H groups in total. The molecule has 0 aliphatic rings. The monoisotopic (exact) mass is 128 g/mol. The molecule has 0 saturated carbocycles. The van der Waals surface area contributed by atoms with Crippen LogP contribution in [0.15, 0.2) is 4.99 Å². The molecular weight excluding hydrogens is 116 g/mol. The highest BCUT2D eigenvalue weighted by Gasteiger charge is 1.82. The quantitative estimate of drug-likeness (QED) is 0.444. The Morgan fingerprint density at radius 3 is 2.89 bits per heavy atom. The first-order valence-corrected chi connectivity index (χ1v) is 2.96. The molecule has 0 atom stereocenters. The predicted octanol–water partition coefficient (Wildman–Crippen LogP) is 1.44. The highest BCUT2D eigenvalue weighted by atomic mass is 16.5. The van der Waals surface area contributed by atoms with Crippen molar-refractivity contribution in [2.24, 2.45) is 4.99 Å².